The van der Waals surface area contributed by atoms with Gasteiger partial charge in [0.05, 0.1) is 0 Å². The molecule has 18 heavy (non-hydrogen) atoms. The molecule has 0 fully saturated rings. The molecule has 1 nitrogen and oxygen atoms in total. The lowest BCUT2D eigenvalue weighted by Crippen LogP contribution is -2.14. The Hall–Kier alpha value is -0.930. The number of halogens is 1. The quantitative estimate of drug-likeness (QED) is 0.576. The van der Waals surface area contributed by atoms with Gasteiger partial charge in [-0.05, 0) is 67.0 Å². The van der Waals surface area contributed by atoms with Gasteiger partial charge in [0.15, 0.2) is 5.78 Å². The second kappa shape index (κ2) is 5.37. The van der Waals surface area contributed by atoms with Gasteiger partial charge >= 0.3 is 0 Å². The van der Waals surface area contributed by atoms with Crippen LogP contribution in [-0.4, -0.2) is 16.9 Å². The molecule has 1 aliphatic rings. The molecule has 0 N–H and O–H groups in total. The summed E-state index contributed by atoms with van der Waals surface area (Å²) < 4.78 is 0.991. The fourth-order valence-corrected chi connectivity index (χ4v) is 3.66. The molecule has 0 aromatic heterocycles. The molecule has 0 bridgehead atoms. The van der Waals surface area contributed by atoms with Crippen LogP contribution in [0.4, 0.5) is 0 Å². The third-order valence-corrected chi connectivity index (χ3v) is 5.23. The molecule has 1 aromatic rings. The highest BCUT2D eigenvalue weighted by Crippen LogP contribution is 2.27. The van der Waals surface area contributed by atoms with Crippen LogP contribution in [0.25, 0.3) is 0 Å². The zero-order valence-corrected chi connectivity index (χ0v) is 13.1. The number of benzene rings is 1. The standard InChI is InChI=1S/C15H15BrOS/c1-10-8-14(18(3)9-11(10)2)15(17)12-4-6-13(16)7-5-12/h4-9H,1-3H3. The molecule has 0 aliphatic carbocycles. The molecule has 1 heterocycles. The van der Waals surface area contributed by atoms with Crippen LogP contribution in [-0.2, 0) is 0 Å². The molecule has 0 radical (unpaired) electrons. The van der Waals surface area contributed by atoms with Crippen molar-refractivity contribution in [3.8, 4) is 0 Å². The van der Waals surface area contributed by atoms with Gasteiger partial charge in [0, 0.05) is 14.9 Å². The highest BCUT2D eigenvalue weighted by Gasteiger charge is 2.15. The summed E-state index contributed by atoms with van der Waals surface area (Å²) >= 11 is 3.38. The summed E-state index contributed by atoms with van der Waals surface area (Å²) in [4.78, 5) is 13.4. The summed E-state index contributed by atoms with van der Waals surface area (Å²) in [5, 5.41) is 2.18. The SMILES string of the molecule is CC1=CC(C(=O)c2ccc(Br)cc2)=S(C)C=C1C. The first-order chi connectivity index (χ1) is 8.49. The molecule has 1 unspecified atom stereocenters. The van der Waals surface area contributed by atoms with E-state index in [9.17, 15) is 4.79 Å². The van der Waals surface area contributed by atoms with Gasteiger partial charge in [0.1, 0.15) is 0 Å². The molecule has 0 amide bonds. The van der Waals surface area contributed by atoms with Crippen molar-refractivity contribution in [2.45, 2.75) is 13.8 Å². The van der Waals surface area contributed by atoms with Crippen molar-refractivity contribution in [1.29, 1.82) is 0 Å². The lowest BCUT2D eigenvalue weighted by molar-refractivity contribution is 0.106. The van der Waals surface area contributed by atoms with Crippen LogP contribution >= 0.6 is 26.4 Å². The van der Waals surface area contributed by atoms with E-state index in [1.807, 2.05) is 30.3 Å². The third kappa shape index (κ3) is 2.73. The van der Waals surface area contributed by atoms with Gasteiger partial charge < -0.3 is 0 Å². The van der Waals surface area contributed by atoms with E-state index >= 15 is 0 Å². The minimum Gasteiger partial charge on any atom is -0.288 e. The Morgan fingerprint density at radius 1 is 1.11 bits per heavy atom. The van der Waals surface area contributed by atoms with Crippen LogP contribution in [0.15, 0.2) is 51.4 Å². The smallest absolute Gasteiger partial charge is 0.198 e. The molecule has 0 saturated carbocycles. The summed E-state index contributed by atoms with van der Waals surface area (Å²) in [7, 11) is -0.0977. The van der Waals surface area contributed by atoms with Crippen molar-refractivity contribution in [2.24, 2.45) is 0 Å². The number of hydrogen-bond acceptors (Lipinski definition) is 1. The van der Waals surface area contributed by atoms with Crippen LogP contribution < -0.4 is 0 Å². The molecule has 1 atom stereocenters. The van der Waals surface area contributed by atoms with Crippen LogP contribution in [0, 0.1) is 0 Å². The largest absolute Gasteiger partial charge is 0.288 e. The van der Waals surface area contributed by atoms with Crippen LogP contribution in [0.1, 0.15) is 24.2 Å². The maximum atomic E-state index is 12.5. The number of ketones is 1. The van der Waals surface area contributed by atoms with E-state index in [0.717, 1.165) is 14.9 Å². The lowest BCUT2D eigenvalue weighted by Gasteiger charge is -2.14. The predicted molar refractivity (Wildman–Crippen MR) is 84.5 cm³/mol. The third-order valence-electron chi connectivity index (χ3n) is 3.00. The molecular formula is C15H15BrOS. The normalized spacial score (nSPS) is 19.3. The van der Waals surface area contributed by atoms with Crippen molar-refractivity contribution >= 4 is 37.1 Å². The van der Waals surface area contributed by atoms with Crippen molar-refractivity contribution in [2.75, 3.05) is 6.26 Å². The van der Waals surface area contributed by atoms with Crippen molar-refractivity contribution in [1.82, 2.24) is 0 Å². The molecule has 94 valence electrons. The van der Waals surface area contributed by atoms with E-state index in [-0.39, 0.29) is 16.3 Å². The topological polar surface area (TPSA) is 17.1 Å². The predicted octanol–water partition coefficient (Wildman–Crippen LogP) is 4.57. The van der Waals surface area contributed by atoms with Gasteiger partial charge in [-0.1, -0.05) is 15.9 Å². The minimum absolute atomic E-state index is 0.0977. The summed E-state index contributed by atoms with van der Waals surface area (Å²) in [6.45, 7) is 4.15. The molecule has 0 saturated heterocycles. The number of rotatable bonds is 2. The van der Waals surface area contributed by atoms with Gasteiger partial charge in [-0.15, -0.1) is 0 Å². The van der Waals surface area contributed by atoms with Crippen LogP contribution in [0.3, 0.4) is 0 Å². The van der Waals surface area contributed by atoms with E-state index in [1.54, 1.807) is 0 Å². The fourth-order valence-electron chi connectivity index (χ4n) is 1.78. The lowest BCUT2D eigenvalue weighted by atomic mass is 10.0. The first-order valence-corrected chi connectivity index (χ1v) is 8.17. The molecule has 0 spiro atoms. The molecular weight excluding hydrogens is 308 g/mol. The maximum absolute atomic E-state index is 12.5. The highest BCUT2D eigenvalue weighted by molar-refractivity contribution is 9.10. The van der Waals surface area contributed by atoms with Gasteiger partial charge in [-0.25, -0.2) is 0 Å². The maximum Gasteiger partial charge on any atom is 0.198 e. The van der Waals surface area contributed by atoms with E-state index < -0.39 is 0 Å². The average molecular weight is 323 g/mol. The number of allylic oxidation sites excluding steroid dienone is 3. The molecule has 1 aromatic carbocycles. The van der Waals surface area contributed by atoms with Gasteiger partial charge in [0.25, 0.3) is 0 Å². The first kappa shape index (κ1) is 13.5. The van der Waals surface area contributed by atoms with Crippen molar-refractivity contribution < 1.29 is 4.79 Å². The summed E-state index contributed by atoms with van der Waals surface area (Å²) in [6.07, 6.45) is 4.13. The Morgan fingerprint density at radius 3 is 2.33 bits per heavy atom. The van der Waals surface area contributed by atoms with Crippen LogP contribution in [0.5, 0.6) is 0 Å². The Balaban J connectivity index is 2.42. The Morgan fingerprint density at radius 2 is 1.72 bits per heavy atom. The van der Waals surface area contributed by atoms with Gasteiger partial charge in [-0.2, -0.15) is 10.5 Å². The minimum atomic E-state index is -0.0977. The zero-order valence-electron chi connectivity index (χ0n) is 10.7. The Bertz CT molecular complexity index is 591. The highest BCUT2D eigenvalue weighted by atomic mass is 79.9. The van der Waals surface area contributed by atoms with Gasteiger partial charge in [0.2, 0.25) is 0 Å². The first-order valence-electron chi connectivity index (χ1n) is 5.68. The molecule has 2 rings (SSSR count). The fraction of sp³-hybridized carbons (Fsp3) is 0.200. The number of carbonyl (C=O) groups excluding carboxylic acids is 1. The monoisotopic (exact) mass is 322 g/mol. The Kier molecular flexibility index (Phi) is 4.03. The van der Waals surface area contributed by atoms with Gasteiger partial charge in [-0.3, -0.25) is 4.79 Å². The Labute approximate surface area is 119 Å². The second-order valence-corrected chi connectivity index (χ2v) is 7.09. The van der Waals surface area contributed by atoms with E-state index in [0.29, 0.717) is 0 Å². The summed E-state index contributed by atoms with van der Waals surface area (Å²) in [6, 6.07) is 7.54. The van der Waals surface area contributed by atoms with E-state index in [4.69, 9.17) is 0 Å². The number of hydrogen-bond donors (Lipinski definition) is 0. The zero-order chi connectivity index (χ0) is 13.3. The second-order valence-electron chi connectivity index (χ2n) is 4.39. The van der Waals surface area contributed by atoms with E-state index in [2.05, 4.69) is 41.4 Å². The van der Waals surface area contributed by atoms with E-state index in [1.165, 1.54) is 11.1 Å². The number of carbonyl (C=O) groups is 1. The van der Waals surface area contributed by atoms with Crippen molar-refractivity contribution in [3.63, 3.8) is 0 Å². The molecule has 3 heteroatoms. The number of Topliss-reactive ketones (excluding diaryl/α,β-unsaturated/α-hetero) is 1. The average Bonchev–Trinajstić information content (AvgIpc) is 2.34. The van der Waals surface area contributed by atoms with Crippen LogP contribution in [0.2, 0.25) is 0 Å². The molecule has 1 aliphatic heterocycles. The summed E-state index contributed by atoms with van der Waals surface area (Å²) in [5.41, 5.74) is 3.21. The summed E-state index contributed by atoms with van der Waals surface area (Å²) in [5.74, 6) is 0.136. The van der Waals surface area contributed by atoms with Crippen molar-refractivity contribution in [3.05, 3.63) is 56.9 Å².